The molecule has 23 heavy (non-hydrogen) atoms. The number of carbonyl (C=O) groups is 1. The van der Waals surface area contributed by atoms with Gasteiger partial charge in [-0.25, -0.2) is 0 Å². The molecule has 1 N–H and O–H groups in total. The van der Waals surface area contributed by atoms with Gasteiger partial charge in [-0.05, 0) is 44.9 Å². The van der Waals surface area contributed by atoms with Crippen LogP contribution in [0.5, 0.6) is 5.75 Å². The van der Waals surface area contributed by atoms with Crippen molar-refractivity contribution in [3.63, 3.8) is 0 Å². The van der Waals surface area contributed by atoms with E-state index in [0.717, 1.165) is 29.5 Å². The van der Waals surface area contributed by atoms with Gasteiger partial charge in [0.25, 0.3) is 0 Å². The molecule has 1 aromatic carbocycles. The Hall–Kier alpha value is -2.01. The number of rotatable bonds is 4. The van der Waals surface area contributed by atoms with Gasteiger partial charge in [-0.3, -0.25) is 4.79 Å². The molecule has 1 saturated heterocycles. The first-order valence-electron chi connectivity index (χ1n) is 8.04. The highest BCUT2D eigenvalue weighted by Crippen LogP contribution is 2.26. The summed E-state index contributed by atoms with van der Waals surface area (Å²) in [6.07, 6.45) is 3.65. The Kier molecular flexibility index (Phi) is 4.31. The second-order valence-electron chi connectivity index (χ2n) is 6.70. The van der Waals surface area contributed by atoms with E-state index in [1.54, 1.807) is 7.11 Å². The topological polar surface area (TPSA) is 52.5 Å². The van der Waals surface area contributed by atoms with E-state index >= 15 is 0 Å². The molecule has 1 fully saturated rings. The number of carbonyl (C=O) groups excluding carboxylic acids is 1. The summed E-state index contributed by atoms with van der Waals surface area (Å²) in [6.45, 7) is 5.14. The predicted octanol–water partition coefficient (Wildman–Crippen LogP) is 2.72. The van der Waals surface area contributed by atoms with E-state index in [2.05, 4.69) is 19.2 Å². The van der Waals surface area contributed by atoms with Gasteiger partial charge in [-0.1, -0.05) is 6.07 Å². The van der Waals surface area contributed by atoms with Gasteiger partial charge in [0.05, 0.1) is 18.2 Å². The van der Waals surface area contributed by atoms with Crippen LogP contribution in [0.25, 0.3) is 10.9 Å². The van der Waals surface area contributed by atoms with Crippen LogP contribution in [0.3, 0.4) is 0 Å². The van der Waals surface area contributed by atoms with E-state index in [0.29, 0.717) is 13.2 Å². The standard InChI is InChI=1S/C18H24N2O3/c1-18(2)11-13(8-10-23-18)19-17(21)12-20-9-7-14-15(20)5-4-6-16(14)22-3/h4-7,9,13H,8,10-12H2,1-3H3,(H,19,21)/t13-/m0/s1. The summed E-state index contributed by atoms with van der Waals surface area (Å²) in [7, 11) is 1.66. The van der Waals surface area contributed by atoms with Crippen molar-refractivity contribution in [2.45, 2.75) is 44.9 Å². The molecule has 1 amide bonds. The summed E-state index contributed by atoms with van der Waals surface area (Å²) in [5.41, 5.74) is 0.843. The first-order valence-corrected chi connectivity index (χ1v) is 8.04. The fourth-order valence-corrected chi connectivity index (χ4v) is 3.29. The predicted molar refractivity (Wildman–Crippen MR) is 89.7 cm³/mol. The molecular formula is C18H24N2O3. The van der Waals surface area contributed by atoms with Crippen LogP contribution in [-0.2, 0) is 16.1 Å². The van der Waals surface area contributed by atoms with Gasteiger partial charge >= 0.3 is 0 Å². The normalized spacial score (nSPS) is 20.4. The summed E-state index contributed by atoms with van der Waals surface area (Å²) in [6, 6.07) is 8.04. The lowest BCUT2D eigenvalue weighted by Crippen LogP contribution is -2.46. The summed E-state index contributed by atoms with van der Waals surface area (Å²) < 4.78 is 13.0. The van der Waals surface area contributed by atoms with E-state index in [1.165, 1.54) is 0 Å². The molecule has 124 valence electrons. The number of benzene rings is 1. The molecule has 5 heteroatoms. The third-order valence-corrected chi connectivity index (χ3v) is 4.37. The number of nitrogens with zero attached hydrogens (tertiary/aromatic N) is 1. The van der Waals surface area contributed by atoms with Gasteiger partial charge in [0.15, 0.2) is 0 Å². The molecule has 1 atom stereocenters. The van der Waals surface area contributed by atoms with Gasteiger partial charge in [0, 0.05) is 24.2 Å². The van der Waals surface area contributed by atoms with E-state index in [9.17, 15) is 4.79 Å². The van der Waals surface area contributed by atoms with Crippen LogP contribution in [0, 0.1) is 0 Å². The van der Waals surface area contributed by atoms with Crippen LogP contribution < -0.4 is 10.1 Å². The maximum absolute atomic E-state index is 12.4. The van der Waals surface area contributed by atoms with Gasteiger partial charge in [0.1, 0.15) is 12.3 Å². The van der Waals surface area contributed by atoms with Crippen molar-refractivity contribution in [3.05, 3.63) is 30.5 Å². The number of fused-ring (bicyclic) bond motifs is 1. The van der Waals surface area contributed by atoms with Crippen molar-refractivity contribution < 1.29 is 14.3 Å². The Morgan fingerprint density at radius 2 is 2.26 bits per heavy atom. The van der Waals surface area contributed by atoms with E-state index < -0.39 is 0 Å². The highest BCUT2D eigenvalue weighted by atomic mass is 16.5. The molecule has 1 aliphatic heterocycles. The zero-order valence-corrected chi connectivity index (χ0v) is 14.0. The lowest BCUT2D eigenvalue weighted by Gasteiger charge is -2.35. The fourth-order valence-electron chi connectivity index (χ4n) is 3.29. The first kappa shape index (κ1) is 15.9. The Bertz CT molecular complexity index is 705. The molecule has 0 aliphatic carbocycles. The van der Waals surface area contributed by atoms with Crippen molar-refractivity contribution in [1.29, 1.82) is 0 Å². The van der Waals surface area contributed by atoms with E-state index in [4.69, 9.17) is 9.47 Å². The van der Waals surface area contributed by atoms with E-state index in [-0.39, 0.29) is 17.6 Å². The highest BCUT2D eigenvalue weighted by molar-refractivity contribution is 5.88. The minimum absolute atomic E-state index is 0.0352. The molecule has 0 spiro atoms. The SMILES string of the molecule is COc1cccc2c1ccn2CC(=O)N[C@H]1CCOC(C)(C)C1. The number of ether oxygens (including phenoxy) is 2. The molecular weight excluding hydrogens is 292 g/mol. The molecule has 2 aromatic rings. The van der Waals surface area contributed by atoms with Crippen molar-refractivity contribution in [3.8, 4) is 5.75 Å². The Balaban J connectivity index is 1.69. The zero-order valence-electron chi connectivity index (χ0n) is 14.0. The maximum Gasteiger partial charge on any atom is 0.240 e. The van der Waals surface area contributed by atoms with Crippen LogP contribution in [0.4, 0.5) is 0 Å². The molecule has 2 heterocycles. The highest BCUT2D eigenvalue weighted by Gasteiger charge is 2.29. The van der Waals surface area contributed by atoms with Gasteiger partial charge in [-0.15, -0.1) is 0 Å². The fraction of sp³-hybridized carbons (Fsp3) is 0.500. The quantitative estimate of drug-likeness (QED) is 0.943. The van der Waals surface area contributed by atoms with Crippen molar-refractivity contribution in [1.82, 2.24) is 9.88 Å². The van der Waals surface area contributed by atoms with Crippen molar-refractivity contribution >= 4 is 16.8 Å². The van der Waals surface area contributed by atoms with Crippen LogP contribution in [-0.4, -0.2) is 35.8 Å². The third-order valence-electron chi connectivity index (χ3n) is 4.37. The summed E-state index contributed by atoms with van der Waals surface area (Å²) in [5.74, 6) is 0.862. The molecule has 0 unspecified atom stereocenters. The number of aromatic nitrogens is 1. The minimum Gasteiger partial charge on any atom is -0.496 e. The van der Waals surface area contributed by atoms with Crippen molar-refractivity contribution in [2.24, 2.45) is 0 Å². The third kappa shape index (κ3) is 3.50. The Labute approximate surface area is 136 Å². The molecule has 3 rings (SSSR count). The largest absolute Gasteiger partial charge is 0.496 e. The summed E-state index contributed by atoms with van der Waals surface area (Å²) in [4.78, 5) is 12.4. The Morgan fingerprint density at radius 3 is 3.00 bits per heavy atom. The average Bonchev–Trinajstić information content (AvgIpc) is 2.89. The lowest BCUT2D eigenvalue weighted by atomic mass is 9.94. The molecule has 1 aromatic heterocycles. The average molecular weight is 316 g/mol. The van der Waals surface area contributed by atoms with E-state index in [1.807, 2.05) is 35.0 Å². The lowest BCUT2D eigenvalue weighted by molar-refractivity contribution is -0.124. The van der Waals surface area contributed by atoms with Gasteiger partial charge in [-0.2, -0.15) is 0 Å². The molecule has 5 nitrogen and oxygen atoms in total. The molecule has 1 aliphatic rings. The second-order valence-corrected chi connectivity index (χ2v) is 6.70. The molecule has 0 saturated carbocycles. The van der Waals surface area contributed by atoms with Gasteiger partial charge in [0.2, 0.25) is 5.91 Å². The smallest absolute Gasteiger partial charge is 0.240 e. The zero-order chi connectivity index (χ0) is 16.4. The molecule has 0 radical (unpaired) electrons. The number of hydrogen-bond donors (Lipinski definition) is 1. The molecule has 0 bridgehead atoms. The summed E-state index contributed by atoms with van der Waals surface area (Å²) in [5, 5.41) is 4.16. The summed E-state index contributed by atoms with van der Waals surface area (Å²) >= 11 is 0. The van der Waals surface area contributed by atoms with Crippen LogP contribution >= 0.6 is 0 Å². The van der Waals surface area contributed by atoms with Crippen LogP contribution in [0.15, 0.2) is 30.5 Å². The number of nitrogens with one attached hydrogen (secondary N) is 1. The Morgan fingerprint density at radius 1 is 1.43 bits per heavy atom. The first-order chi connectivity index (χ1) is 11.0. The number of methoxy groups -OCH3 is 1. The van der Waals surface area contributed by atoms with Crippen molar-refractivity contribution in [2.75, 3.05) is 13.7 Å². The van der Waals surface area contributed by atoms with Crippen LogP contribution in [0.2, 0.25) is 0 Å². The number of amides is 1. The monoisotopic (exact) mass is 316 g/mol. The second kappa shape index (κ2) is 6.24. The number of hydrogen-bond acceptors (Lipinski definition) is 3. The maximum atomic E-state index is 12.4. The van der Waals surface area contributed by atoms with Crippen LogP contribution in [0.1, 0.15) is 26.7 Å². The van der Waals surface area contributed by atoms with Gasteiger partial charge < -0.3 is 19.4 Å². The minimum atomic E-state index is -0.163.